The van der Waals surface area contributed by atoms with Crippen molar-refractivity contribution in [3.05, 3.63) is 6.92 Å². The Labute approximate surface area is 105 Å². The van der Waals surface area contributed by atoms with Crippen LogP contribution in [0.2, 0.25) is 26.2 Å². The van der Waals surface area contributed by atoms with Gasteiger partial charge in [0.05, 0.1) is 12.7 Å². The van der Waals surface area contributed by atoms with Gasteiger partial charge in [0.25, 0.3) is 0 Å². The van der Waals surface area contributed by atoms with E-state index in [4.69, 9.17) is 24.6 Å². The molecule has 2 aliphatic heterocycles. The molecule has 0 aromatic heterocycles. The Morgan fingerprint density at radius 3 is 2.47 bits per heavy atom. The Balaban J connectivity index is 2.18. The average Bonchev–Trinajstić information content (AvgIpc) is 2.39. The third-order valence-corrected chi connectivity index (χ3v) is 8.51. The molecule has 4 atom stereocenters. The summed E-state index contributed by atoms with van der Waals surface area (Å²) in [5.41, 5.74) is 0. The number of fused-ring (bicyclic) bond motifs is 1. The predicted molar refractivity (Wildman–Crippen MR) is 65.8 cm³/mol. The quantitative estimate of drug-likeness (QED) is 0.659. The molecule has 17 heavy (non-hydrogen) atoms. The summed E-state index contributed by atoms with van der Waals surface area (Å²) in [6.07, 6.45) is -2.28. The van der Waals surface area contributed by atoms with Crippen LogP contribution >= 0.6 is 0 Å². The van der Waals surface area contributed by atoms with Gasteiger partial charge in [-0.2, -0.15) is 0 Å². The predicted octanol–water partition coefficient (Wildman–Crippen LogP) is 0.661. The maximum atomic E-state index is 9.92. The summed E-state index contributed by atoms with van der Waals surface area (Å²) in [5, 5.41) is 9.92. The van der Waals surface area contributed by atoms with Gasteiger partial charge in [0.2, 0.25) is 0 Å². The monoisotopic (exact) mass is 276 g/mol. The van der Waals surface area contributed by atoms with Crippen molar-refractivity contribution in [1.29, 1.82) is 0 Å². The Morgan fingerprint density at radius 1 is 1.18 bits per heavy atom. The molecule has 0 aliphatic carbocycles. The molecule has 1 N–H and O–H groups in total. The normalized spacial score (nSPS) is 44.8. The Morgan fingerprint density at radius 2 is 1.82 bits per heavy atom. The fraction of sp³-hybridized carbons (Fsp3) is 0.900. The Hall–Kier alpha value is 0.234. The highest BCUT2D eigenvalue weighted by Crippen LogP contribution is 2.31. The topological polar surface area (TPSA) is 57.2 Å². The molecule has 0 aromatic rings. The Bertz CT molecular complexity index is 296. The minimum Gasteiger partial charge on any atom is -0.415 e. The lowest BCUT2D eigenvalue weighted by molar-refractivity contribution is -0.0252. The van der Waals surface area contributed by atoms with Gasteiger partial charge in [-0.15, -0.1) is 0 Å². The first-order valence-electron chi connectivity index (χ1n) is 5.81. The lowest BCUT2D eigenvalue weighted by Gasteiger charge is -2.39. The maximum Gasteiger partial charge on any atom is 0.323 e. The maximum absolute atomic E-state index is 9.92. The van der Waals surface area contributed by atoms with Crippen molar-refractivity contribution in [1.82, 2.24) is 0 Å². The van der Waals surface area contributed by atoms with Gasteiger partial charge in [-0.25, -0.2) is 0 Å². The molecule has 2 radical (unpaired) electrons. The van der Waals surface area contributed by atoms with Gasteiger partial charge in [-0.3, -0.25) is 0 Å². The molecule has 2 saturated heterocycles. The molecule has 0 bridgehead atoms. The van der Waals surface area contributed by atoms with E-state index < -0.39 is 35.4 Å². The van der Waals surface area contributed by atoms with E-state index in [-0.39, 0.29) is 6.10 Å². The molecule has 0 aromatic carbocycles. The minimum atomic E-state index is -2.32. The van der Waals surface area contributed by atoms with Gasteiger partial charge >= 0.3 is 17.1 Å². The molecular weight excluding hydrogens is 256 g/mol. The van der Waals surface area contributed by atoms with Crippen LogP contribution in [0.3, 0.4) is 0 Å². The minimum absolute atomic E-state index is 0.303. The summed E-state index contributed by atoms with van der Waals surface area (Å²) in [7, 11) is -4.50. The van der Waals surface area contributed by atoms with Crippen molar-refractivity contribution in [2.75, 3.05) is 6.61 Å². The van der Waals surface area contributed by atoms with Crippen molar-refractivity contribution in [2.45, 2.75) is 50.6 Å². The van der Waals surface area contributed by atoms with Crippen LogP contribution in [-0.4, -0.2) is 53.3 Å². The molecule has 5 nitrogen and oxygen atoms in total. The fourth-order valence-electron chi connectivity index (χ4n) is 2.30. The van der Waals surface area contributed by atoms with Crippen LogP contribution in [0.5, 0.6) is 0 Å². The van der Waals surface area contributed by atoms with Crippen LogP contribution in [-0.2, 0) is 17.7 Å². The first kappa shape index (κ1) is 13.7. The SMILES string of the molecule is [CH]C1O[C@H]2CO[Si](C)(C)O[Si](C)(C)O[C@@H]2C1O. The molecule has 2 unspecified atom stereocenters. The average molecular weight is 276 g/mol. The standard InChI is InChI=1S/C10H20O5Si2/c1-7-9(11)10-8(13-7)6-12-16(2,3)15-17(4,5)14-10/h1,7-11H,6H2,2-5H3/t7?,8-,9?,10-/m0/s1. The van der Waals surface area contributed by atoms with Gasteiger partial charge < -0.3 is 22.8 Å². The third kappa shape index (κ3) is 2.98. The van der Waals surface area contributed by atoms with Crippen LogP contribution in [0.25, 0.3) is 0 Å². The molecule has 2 fully saturated rings. The van der Waals surface area contributed by atoms with Crippen molar-refractivity contribution in [3.63, 3.8) is 0 Å². The third-order valence-electron chi connectivity index (χ3n) is 2.88. The van der Waals surface area contributed by atoms with Crippen LogP contribution in [0.4, 0.5) is 0 Å². The number of aliphatic hydroxyl groups excluding tert-OH is 1. The zero-order chi connectivity index (χ0) is 12.8. The highest BCUT2D eigenvalue weighted by atomic mass is 28.5. The van der Waals surface area contributed by atoms with E-state index in [1.54, 1.807) is 0 Å². The fourth-order valence-corrected chi connectivity index (χ4v) is 8.98. The summed E-state index contributed by atoms with van der Waals surface area (Å²) in [5.74, 6) is 0. The molecule has 0 spiro atoms. The van der Waals surface area contributed by atoms with Crippen LogP contribution in [0.15, 0.2) is 0 Å². The lowest BCUT2D eigenvalue weighted by Crippen LogP contribution is -2.56. The second kappa shape index (κ2) is 4.41. The summed E-state index contributed by atoms with van der Waals surface area (Å²) in [6.45, 7) is 13.9. The second-order valence-electron chi connectivity index (χ2n) is 5.42. The van der Waals surface area contributed by atoms with Gasteiger partial charge in [0.15, 0.2) is 0 Å². The van der Waals surface area contributed by atoms with E-state index in [2.05, 4.69) is 0 Å². The van der Waals surface area contributed by atoms with Crippen molar-refractivity contribution >= 4 is 17.1 Å². The van der Waals surface area contributed by atoms with E-state index >= 15 is 0 Å². The zero-order valence-electron chi connectivity index (χ0n) is 10.7. The van der Waals surface area contributed by atoms with E-state index in [0.717, 1.165) is 0 Å². The molecular formula is C10H20O5Si2. The van der Waals surface area contributed by atoms with Gasteiger partial charge in [0.1, 0.15) is 18.3 Å². The van der Waals surface area contributed by atoms with Crippen molar-refractivity contribution in [2.24, 2.45) is 0 Å². The second-order valence-corrected chi connectivity index (χ2v) is 12.4. The smallest absolute Gasteiger partial charge is 0.323 e. The molecule has 2 aliphatic rings. The van der Waals surface area contributed by atoms with Gasteiger partial charge in [-0.1, -0.05) is 0 Å². The number of aliphatic hydroxyl groups is 1. The highest BCUT2D eigenvalue weighted by molar-refractivity contribution is 6.78. The molecule has 2 rings (SSSR count). The lowest BCUT2D eigenvalue weighted by atomic mass is 10.1. The van der Waals surface area contributed by atoms with Crippen LogP contribution in [0, 0.1) is 6.92 Å². The number of hydrogen-bond acceptors (Lipinski definition) is 5. The number of hydrogen-bond donors (Lipinski definition) is 1. The molecule has 98 valence electrons. The summed E-state index contributed by atoms with van der Waals surface area (Å²) in [4.78, 5) is 0. The summed E-state index contributed by atoms with van der Waals surface area (Å²) >= 11 is 0. The highest BCUT2D eigenvalue weighted by Gasteiger charge is 2.50. The van der Waals surface area contributed by atoms with E-state index in [1.165, 1.54) is 0 Å². The summed E-state index contributed by atoms with van der Waals surface area (Å²) in [6, 6.07) is 0. The van der Waals surface area contributed by atoms with Crippen LogP contribution in [0.1, 0.15) is 0 Å². The van der Waals surface area contributed by atoms with Gasteiger partial charge in [-0.05, 0) is 33.1 Å². The first-order valence-corrected chi connectivity index (χ1v) is 11.4. The first-order chi connectivity index (χ1) is 7.70. The van der Waals surface area contributed by atoms with Crippen molar-refractivity contribution < 1.29 is 22.8 Å². The molecule has 0 saturated carbocycles. The van der Waals surface area contributed by atoms with Crippen molar-refractivity contribution in [3.8, 4) is 0 Å². The molecule has 7 heteroatoms. The number of ether oxygens (including phenoxy) is 1. The molecule has 0 amide bonds. The Kier molecular flexibility index (Phi) is 3.54. The van der Waals surface area contributed by atoms with E-state index in [1.807, 2.05) is 26.2 Å². The molecule has 2 heterocycles. The number of rotatable bonds is 0. The zero-order valence-corrected chi connectivity index (χ0v) is 12.7. The summed E-state index contributed by atoms with van der Waals surface area (Å²) < 4.78 is 23.2. The van der Waals surface area contributed by atoms with Gasteiger partial charge in [0, 0.05) is 0 Å². The van der Waals surface area contributed by atoms with Crippen LogP contribution < -0.4 is 0 Å². The largest absolute Gasteiger partial charge is 0.415 e. The van der Waals surface area contributed by atoms with E-state index in [9.17, 15) is 5.11 Å². The van der Waals surface area contributed by atoms with E-state index in [0.29, 0.717) is 6.61 Å².